The third kappa shape index (κ3) is 3.34. The summed E-state index contributed by atoms with van der Waals surface area (Å²) in [5.74, 6) is -0.396. The molecule has 0 aromatic heterocycles. The Bertz CT molecular complexity index is 386. The summed E-state index contributed by atoms with van der Waals surface area (Å²) in [6.07, 6.45) is 1.59. The van der Waals surface area contributed by atoms with Gasteiger partial charge in [0.1, 0.15) is 0 Å². The Labute approximate surface area is 115 Å². The maximum Gasteiger partial charge on any atom is 0.241 e. The minimum absolute atomic E-state index is 0. The van der Waals surface area contributed by atoms with Crippen molar-refractivity contribution in [1.29, 1.82) is 0 Å². The molecule has 1 rings (SSSR count). The van der Waals surface area contributed by atoms with Gasteiger partial charge >= 0.3 is 0 Å². The summed E-state index contributed by atoms with van der Waals surface area (Å²) in [6, 6.07) is -0.155. The zero-order chi connectivity index (χ0) is 13.2. The van der Waals surface area contributed by atoms with E-state index in [4.69, 9.17) is 5.73 Å². The Morgan fingerprint density at radius 3 is 2.50 bits per heavy atom. The third-order valence-corrected chi connectivity index (χ3v) is 5.39. The first-order valence-electron chi connectivity index (χ1n) is 5.74. The summed E-state index contributed by atoms with van der Waals surface area (Å²) in [7, 11) is -0.473. The molecule has 8 heteroatoms. The molecule has 2 unspecified atom stereocenters. The topological polar surface area (TPSA) is 83.7 Å². The SMILES string of the molecule is CC(C(=O)N(C)C)S(=O)(=O)N1CCCC1CN.Cl. The minimum Gasteiger partial charge on any atom is -0.348 e. The van der Waals surface area contributed by atoms with Crippen molar-refractivity contribution in [2.75, 3.05) is 27.2 Å². The average molecular weight is 300 g/mol. The Morgan fingerprint density at radius 1 is 1.50 bits per heavy atom. The van der Waals surface area contributed by atoms with Crippen LogP contribution in [0.3, 0.4) is 0 Å². The molecule has 0 aliphatic carbocycles. The standard InChI is InChI=1S/C10H21N3O3S.ClH/c1-8(10(14)12(2)3)17(15,16)13-6-4-5-9(13)7-11;/h8-9H,4-7,11H2,1-3H3;1H. The molecule has 18 heavy (non-hydrogen) atoms. The van der Waals surface area contributed by atoms with E-state index in [9.17, 15) is 13.2 Å². The number of nitrogens with two attached hydrogens (primary N) is 1. The number of hydrogen-bond donors (Lipinski definition) is 1. The molecule has 1 saturated heterocycles. The highest BCUT2D eigenvalue weighted by Gasteiger charge is 2.40. The van der Waals surface area contributed by atoms with E-state index in [1.807, 2.05) is 0 Å². The average Bonchev–Trinajstić information content (AvgIpc) is 2.75. The van der Waals surface area contributed by atoms with Crippen molar-refractivity contribution in [1.82, 2.24) is 9.21 Å². The van der Waals surface area contributed by atoms with Crippen LogP contribution in [-0.2, 0) is 14.8 Å². The second-order valence-corrected chi connectivity index (χ2v) is 6.77. The molecule has 108 valence electrons. The van der Waals surface area contributed by atoms with Gasteiger partial charge in [-0.1, -0.05) is 0 Å². The fourth-order valence-electron chi connectivity index (χ4n) is 2.07. The second-order valence-electron chi connectivity index (χ2n) is 4.56. The van der Waals surface area contributed by atoms with Gasteiger partial charge in [0, 0.05) is 33.2 Å². The molecule has 6 nitrogen and oxygen atoms in total. The molecule has 0 saturated carbocycles. The molecule has 1 aliphatic rings. The Hall–Kier alpha value is -0.370. The molecular weight excluding hydrogens is 278 g/mol. The number of nitrogens with zero attached hydrogens (tertiary/aromatic N) is 2. The van der Waals surface area contributed by atoms with Gasteiger partial charge in [-0.25, -0.2) is 8.42 Å². The zero-order valence-electron chi connectivity index (χ0n) is 11.0. The fourth-order valence-corrected chi connectivity index (χ4v) is 3.94. The van der Waals surface area contributed by atoms with Crippen LogP contribution < -0.4 is 5.73 Å². The highest BCUT2D eigenvalue weighted by Crippen LogP contribution is 2.23. The summed E-state index contributed by atoms with van der Waals surface area (Å²) in [4.78, 5) is 13.0. The molecule has 0 aromatic carbocycles. The lowest BCUT2D eigenvalue weighted by molar-refractivity contribution is -0.128. The van der Waals surface area contributed by atoms with Crippen LogP contribution in [0.5, 0.6) is 0 Å². The molecule has 1 fully saturated rings. The quantitative estimate of drug-likeness (QED) is 0.768. The molecule has 1 amide bonds. The van der Waals surface area contributed by atoms with Gasteiger partial charge in [-0.05, 0) is 19.8 Å². The lowest BCUT2D eigenvalue weighted by Gasteiger charge is -2.27. The summed E-state index contributed by atoms with van der Waals surface area (Å²) in [5.41, 5.74) is 5.56. The highest BCUT2D eigenvalue weighted by atomic mass is 35.5. The van der Waals surface area contributed by atoms with Crippen molar-refractivity contribution in [3.8, 4) is 0 Å². The van der Waals surface area contributed by atoms with Crippen LogP contribution in [0.4, 0.5) is 0 Å². The molecule has 2 N–H and O–H groups in total. The molecule has 1 heterocycles. The van der Waals surface area contributed by atoms with Gasteiger partial charge in [-0.2, -0.15) is 4.31 Å². The highest BCUT2D eigenvalue weighted by molar-refractivity contribution is 7.90. The molecular formula is C10H22ClN3O3S. The summed E-state index contributed by atoms with van der Waals surface area (Å²) < 4.78 is 25.9. The van der Waals surface area contributed by atoms with Gasteiger partial charge in [0.15, 0.2) is 5.25 Å². The zero-order valence-corrected chi connectivity index (χ0v) is 12.6. The maximum absolute atomic E-state index is 12.3. The van der Waals surface area contributed by atoms with E-state index in [0.717, 1.165) is 12.8 Å². The number of rotatable bonds is 4. The van der Waals surface area contributed by atoms with Crippen molar-refractivity contribution in [2.45, 2.75) is 31.1 Å². The van der Waals surface area contributed by atoms with E-state index < -0.39 is 21.2 Å². The van der Waals surface area contributed by atoms with Gasteiger partial charge in [0.2, 0.25) is 15.9 Å². The fraction of sp³-hybridized carbons (Fsp3) is 0.900. The number of halogens is 1. The van der Waals surface area contributed by atoms with E-state index in [-0.39, 0.29) is 18.4 Å². The van der Waals surface area contributed by atoms with E-state index in [1.54, 1.807) is 14.1 Å². The van der Waals surface area contributed by atoms with E-state index in [1.165, 1.54) is 16.1 Å². The number of carbonyl (C=O) groups is 1. The Balaban J connectivity index is 0.00000289. The van der Waals surface area contributed by atoms with Gasteiger partial charge in [0.25, 0.3) is 0 Å². The first kappa shape index (κ1) is 17.6. The van der Waals surface area contributed by atoms with Crippen LogP contribution in [0.15, 0.2) is 0 Å². The van der Waals surface area contributed by atoms with E-state index in [0.29, 0.717) is 13.1 Å². The van der Waals surface area contributed by atoms with Crippen LogP contribution in [0.25, 0.3) is 0 Å². The first-order chi connectivity index (χ1) is 7.82. The van der Waals surface area contributed by atoms with Crippen LogP contribution in [0.1, 0.15) is 19.8 Å². The van der Waals surface area contributed by atoms with Crippen molar-refractivity contribution < 1.29 is 13.2 Å². The van der Waals surface area contributed by atoms with Crippen molar-refractivity contribution in [2.24, 2.45) is 5.73 Å². The first-order valence-corrected chi connectivity index (χ1v) is 7.24. The molecule has 0 spiro atoms. The maximum atomic E-state index is 12.3. The lowest BCUT2D eigenvalue weighted by Crippen LogP contribution is -2.48. The van der Waals surface area contributed by atoms with Crippen LogP contribution >= 0.6 is 12.4 Å². The number of carbonyl (C=O) groups excluding carboxylic acids is 1. The number of hydrogen-bond acceptors (Lipinski definition) is 4. The Kier molecular flexibility index (Phi) is 6.56. The normalized spacial score (nSPS) is 22.3. The largest absolute Gasteiger partial charge is 0.348 e. The van der Waals surface area contributed by atoms with Crippen LogP contribution in [0.2, 0.25) is 0 Å². The van der Waals surface area contributed by atoms with Gasteiger partial charge in [-0.15, -0.1) is 12.4 Å². The van der Waals surface area contributed by atoms with Crippen molar-refractivity contribution in [3.63, 3.8) is 0 Å². The van der Waals surface area contributed by atoms with E-state index >= 15 is 0 Å². The third-order valence-electron chi connectivity index (χ3n) is 3.16. The van der Waals surface area contributed by atoms with Gasteiger partial charge in [0.05, 0.1) is 0 Å². The van der Waals surface area contributed by atoms with Crippen LogP contribution in [-0.4, -0.2) is 62.0 Å². The molecule has 0 radical (unpaired) electrons. The van der Waals surface area contributed by atoms with Gasteiger partial charge < -0.3 is 10.6 Å². The Morgan fingerprint density at radius 2 is 2.06 bits per heavy atom. The number of amides is 1. The smallest absolute Gasteiger partial charge is 0.241 e. The number of sulfonamides is 1. The molecule has 2 atom stereocenters. The molecule has 0 aromatic rings. The molecule has 0 bridgehead atoms. The predicted molar refractivity (Wildman–Crippen MR) is 73.1 cm³/mol. The summed E-state index contributed by atoms with van der Waals surface area (Å²) in [6.45, 7) is 2.21. The molecule has 1 aliphatic heterocycles. The predicted octanol–water partition coefficient (Wildman–Crippen LogP) is -0.362. The van der Waals surface area contributed by atoms with E-state index in [2.05, 4.69) is 0 Å². The monoisotopic (exact) mass is 299 g/mol. The van der Waals surface area contributed by atoms with Crippen molar-refractivity contribution in [3.05, 3.63) is 0 Å². The lowest BCUT2D eigenvalue weighted by atomic mass is 10.2. The second kappa shape index (κ2) is 6.70. The summed E-state index contributed by atoms with van der Waals surface area (Å²) in [5, 5.41) is -1.04. The summed E-state index contributed by atoms with van der Waals surface area (Å²) >= 11 is 0. The van der Waals surface area contributed by atoms with Crippen LogP contribution in [0, 0.1) is 0 Å². The minimum atomic E-state index is -3.58. The van der Waals surface area contributed by atoms with Crippen molar-refractivity contribution >= 4 is 28.3 Å². The van der Waals surface area contributed by atoms with Gasteiger partial charge in [-0.3, -0.25) is 4.79 Å².